The van der Waals surface area contributed by atoms with E-state index in [0.29, 0.717) is 22.5 Å². The second-order valence-corrected chi connectivity index (χ2v) is 7.05. The molecule has 144 valence electrons. The van der Waals surface area contributed by atoms with Crippen LogP contribution in [-0.2, 0) is 22.4 Å². The molecular weight excluding hydrogens is 356 g/mol. The van der Waals surface area contributed by atoms with E-state index in [9.17, 15) is 9.59 Å². The standard InChI is InChI=1S/C23H22O5/c1-14-19(27-21(23(25)26-2)15-8-4-3-5-9-15)13-12-17-16-10-6-7-11-18(16)22(24)28-20(14)17/h3-5,8-9,12-13,21H,6-7,10-11H2,1-2H3/t21-/m0/s1. The van der Waals surface area contributed by atoms with E-state index < -0.39 is 12.1 Å². The van der Waals surface area contributed by atoms with Gasteiger partial charge in [0.25, 0.3) is 0 Å². The van der Waals surface area contributed by atoms with Crippen molar-refractivity contribution in [1.29, 1.82) is 0 Å². The summed E-state index contributed by atoms with van der Waals surface area (Å²) < 4.78 is 16.6. The Kier molecular flexibility index (Phi) is 4.90. The third kappa shape index (κ3) is 3.17. The summed E-state index contributed by atoms with van der Waals surface area (Å²) >= 11 is 0. The van der Waals surface area contributed by atoms with Crippen LogP contribution in [0.1, 0.15) is 41.2 Å². The van der Waals surface area contributed by atoms with Gasteiger partial charge in [0.05, 0.1) is 7.11 Å². The summed E-state index contributed by atoms with van der Waals surface area (Å²) in [6.07, 6.45) is 2.84. The predicted molar refractivity (Wildman–Crippen MR) is 106 cm³/mol. The number of carbonyl (C=O) groups excluding carboxylic acids is 1. The molecule has 0 aliphatic heterocycles. The summed E-state index contributed by atoms with van der Waals surface area (Å²) in [6.45, 7) is 1.84. The van der Waals surface area contributed by atoms with Crippen LogP contribution in [0.4, 0.5) is 0 Å². The molecule has 1 aliphatic rings. The third-order valence-corrected chi connectivity index (χ3v) is 5.35. The number of hydrogen-bond donors (Lipinski definition) is 0. The smallest absolute Gasteiger partial charge is 0.351 e. The van der Waals surface area contributed by atoms with Gasteiger partial charge >= 0.3 is 11.6 Å². The van der Waals surface area contributed by atoms with Gasteiger partial charge in [-0.25, -0.2) is 9.59 Å². The number of carbonyl (C=O) groups is 1. The predicted octanol–water partition coefficient (Wildman–Crippen LogP) is 4.27. The zero-order chi connectivity index (χ0) is 19.7. The zero-order valence-corrected chi connectivity index (χ0v) is 16.0. The van der Waals surface area contributed by atoms with E-state index in [-0.39, 0.29) is 5.63 Å². The molecule has 28 heavy (non-hydrogen) atoms. The first-order valence-electron chi connectivity index (χ1n) is 9.47. The highest BCUT2D eigenvalue weighted by Gasteiger charge is 2.26. The minimum atomic E-state index is -0.897. The lowest BCUT2D eigenvalue weighted by molar-refractivity contribution is -0.149. The molecule has 0 unspecified atom stereocenters. The average Bonchev–Trinajstić information content (AvgIpc) is 2.74. The SMILES string of the molecule is COC(=O)[C@@H](Oc1ccc2c3c(c(=O)oc2c1C)CCCC3)c1ccccc1. The Hall–Kier alpha value is -3.08. The maximum Gasteiger partial charge on any atom is 0.351 e. The Morgan fingerprint density at radius 2 is 1.75 bits per heavy atom. The van der Waals surface area contributed by atoms with Crippen molar-refractivity contribution in [2.24, 2.45) is 0 Å². The minimum absolute atomic E-state index is 0.268. The van der Waals surface area contributed by atoms with E-state index in [2.05, 4.69) is 0 Å². The first-order chi connectivity index (χ1) is 13.6. The van der Waals surface area contributed by atoms with Crippen molar-refractivity contribution in [3.05, 3.63) is 75.1 Å². The molecule has 2 aromatic carbocycles. The van der Waals surface area contributed by atoms with Crippen molar-refractivity contribution < 1.29 is 18.7 Å². The van der Waals surface area contributed by atoms with E-state index in [1.165, 1.54) is 7.11 Å². The molecule has 0 bridgehead atoms. The number of benzene rings is 2. The van der Waals surface area contributed by atoms with Crippen LogP contribution in [-0.4, -0.2) is 13.1 Å². The molecule has 1 aromatic heterocycles. The number of esters is 1. The van der Waals surface area contributed by atoms with Crippen molar-refractivity contribution in [1.82, 2.24) is 0 Å². The fraction of sp³-hybridized carbons (Fsp3) is 0.304. The zero-order valence-electron chi connectivity index (χ0n) is 16.0. The summed E-state index contributed by atoms with van der Waals surface area (Å²) in [6, 6.07) is 12.9. The molecule has 5 nitrogen and oxygen atoms in total. The molecule has 0 saturated carbocycles. The van der Waals surface area contributed by atoms with E-state index in [1.54, 1.807) is 0 Å². The summed E-state index contributed by atoms with van der Waals surface area (Å²) in [5.74, 6) is 0.00301. The summed E-state index contributed by atoms with van der Waals surface area (Å²) in [5.41, 5.74) is 3.53. The number of methoxy groups -OCH3 is 1. The molecule has 0 radical (unpaired) electrons. The Morgan fingerprint density at radius 1 is 1.04 bits per heavy atom. The van der Waals surface area contributed by atoms with Crippen LogP contribution in [0.2, 0.25) is 0 Å². The summed E-state index contributed by atoms with van der Waals surface area (Å²) in [7, 11) is 1.33. The first-order valence-corrected chi connectivity index (χ1v) is 9.47. The highest BCUT2D eigenvalue weighted by molar-refractivity contribution is 5.86. The lowest BCUT2D eigenvalue weighted by Gasteiger charge is -2.21. The first kappa shape index (κ1) is 18.3. The van der Waals surface area contributed by atoms with Crippen molar-refractivity contribution in [3.8, 4) is 5.75 Å². The molecule has 1 atom stereocenters. The molecule has 1 heterocycles. The van der Waals surface area contributed by atoms with Crippen LogP contribution < -0.4 is 10.4 Å². The highest BCUT2D eigenvalue weighted by Crippen LogP contribution is 2.34. The molecule has 0 N–H and O–H groups in total. The van der Waals surface area contributed by atoms with Crippen molar-refractivity contribution >= 4 is 16.9 Å². The number of hydrogen-bond acceptors (Lipinski definition) is 5. The van der Waals surface area contributed by atoms with Gasteiger partial charge in [-0.3, -0.25) is 0 Å². The van der Waals surface area contributed by atoms with Crippen molar-refractivity contribution in [2.45, 2.75) is 38.7 Å². The lowest BCUT2D eigenvalue weighted by atomic mass is 9.90. The third-order valence-electron chi connectivity index (χ3n) is 5.35. The normalized spacial score (nSPS) is 14.4. The molecule has 0 saturated heterocycles. The van der Waals surface area contributed by atoms with Gasteiger partial charge in [0, 0.05) is 22.1 Å². The van der Waals surface area contributed by atoms with Crippen LogP contribution in [0.25, 0.3) is 11.0 Å². The van der Waals surface area contributed by atoms with Crippen LogP contribution in [0, 0.1) is 6.92 Å². The molecule has 0 spiro atoms. The summed E-state index contributed by atoms with van der Waals surface area (Å²) in [5, 5.41) is 0.952. The fourth-order valence-electron chi connectivity index (χ4n) is 3.87. The fourth-order valence-corrected chi connectivity index (χ4v) is 3.87. The van der Waals surface area contributed by atoms with Gasteiger partial charge < -0.3 is 13.9 Å². The van der Waals surface area contributed by atoms with Gasteiger partial charge in [-0.2, -0.15) is 0 Å². The average molecular weight is 378 g/mol. The van der Waals surface area contributed by atoms with Gasteiger partial charge in [-0.1, -0.05) is 30.3 Å². The molecular formula is C23H22O5. The number of aryl methyl sites for hydroxylation is 2. The highest BCUT2D eigenvalue weighted by atomic mass is 16.6. The Morgan fingerprint density at radius 3 is 2.46 bits per heavy atom. The van der Waals surface area contributed by atoms with E-state index in [4.69, 9.17) is 13.9 Å². The van der Waals surface area contributed by atoms with Crippen LogP contribution in [0.5, 0.6) is 5.75 Å². The van der Waals surface area contributed by atoms with Gasteiger partial charge in [0.2, 0.25) is 6.10 Å². The van der Waals surface area contributed by atoms with Gasteiger partial charge in [0.1, 0.15) is 11.3 Å². The topological polar surface area (TPSA) is 65.7 Å². The molecule has 3 aromatic rings. The monoisotopic (exact) mass is 378 g/mol. The lowest BCUT2D eigenvalue weighted by Crippen LogP contribution is -2.21. The van der Waals surface area contributed by atoms with Gasteiger partial charge in [-0.15, -0.1) is 0 Å². The molecule has 0 amide bonds. The van der Waals surface area contributed by atoms with Crippen molar-refractivity contribution in [3.63, 3.8) is 0 Å². The molecule has 1 aliphatic carbocycles. The van der Waals surface area contributed by atoms with Crippen LogP contribution in [0.3, 0.4) is 0 Å². The number of fused-ring (bicyclic) bond motifs is 3. The maximum absolute atomic E-state index is 12.5. The maximum atomic E-state index is 12.5. The second-order valence-electron chi connectivity index (χ2n) is 7.05. The van der Waals surface area contributed by atoms with Crippen molar-refractivity contribution in [2.75, 3.05) is 7.11 Å². The largest absolute Gasteiger partial charge is 0.474 e. The van der Waals surface area contributed by atoms with Gasteiger partial charge in [-0.05, 0) is 50.3 Å². The molecule has 0 fully saturated rings. The quantitative estimate of drug-likeness (QED) is 0.501. The van der Waals surface area contributed by atoms with Gasteiger partial charge in [0.15, 0.2) is 0 Å². The number of rotatable bonds is 4. The Labute approximate surface area is 162 Å². The summed E-state index contributed by atoms with van der Waals surface area (Å²) in [4.78, 5) is 24.8. The van der Waals surface area contributed by atoms with Crippen LogP contribution in [0.15, 0.2) is 51.7 Å². The van der Waals surface area contributed by atoms with E-state index >= 15 is 0 Å². The molecule has 4 rings (SSSR count). The van der Waals surface area contributed by atoms with E-state index in [0.717, 1.165) is 42.2 Å². The Balaban J connectivity index is 1.79. The number of ether oxygens (including phenoxy) is 2. The molecule has 5 heteroatoms. The Bertz CT molecular complexity index is 1080. The van der Waals surface area contributed by atoms with E-state index in [1.807, 2.05) is 49.4 Å². The minimum Gasteiger partial charge on any atom is -0.474 e. The second kappa shape index (κ2) is 7.50. The van der Waals surface area contributed by atoms with Crippen LogP contribution >= 0.6 is 0 Å².